The van der Waals surface area contributed by atoms with Gasteiger partial charge in [0, 0.05) is 26.3 Å². The highest BCUT2D eigenvalue weighted by atomic mass is 19.1. The maximum Gasteiger partial charge on any atom is 0.224 e. The first kappa shape index (κ1) is 15.0. The Hall–Kier alpha value is -2.36. The molecule has 0 aliphatic carbocycles. The Balaban J connectivity index is 1.86. The standard InChI is InChI=1S/C17H19FN2O/c1-20(2)16-8-6-13(7-9-16)12-19-17(21)11-14-4-3-5-15(18)10-14/h3-10H,11-12H2,1-2H3,(H,19,21). The molecule has 0 aliphatic heterocycles. The number of rotatable bonds is 5. The lowest BCUT2D eigenvalue weighted by atomic mass is 10.1. The highest BCUT2D eigenvalue weighted by Gasteiger charge is 2.04. The first-order valence-corrected chi connectivity index (χ1v) is 6.82. The average Bonchev–Trinajstić information content (AvgIpc) is 2.45. The molecule has 0 saturated heterocycles. The third-order valence-corrected chi connectivity index (χ3v) is 3.20. The van der Waals surface area contributed by atoms with Gasteiger partial charge in [-0.2, -0.15) is 0 Å². The van der Waals surface area contributed by atoms with Crippen molar-refractivity contribution in [1.82, 2.24) is 5.32 Å². The fourth-order valence-electron chi connectivity index (χ4n) is 2.01. The SMILES string of the molecule is CN(C)c1ccc(CNC(=O)Cc2cccc(F)c2)cc1. The minimum Gasteiger partial charge on any atom is -0.378 e. The van der Waals surface area contributed by atoms with Gasteiger partial charge in [0.05, 0.1) is 6.42 Å². The molecule has 0 fully saturated rings. The van der Waals surface area contributed by atoms with Gasteiger partial charge in [-0.1, -0.05) is 24.3 Å². The molecule has 0 aromatic heterocycles. The number of nitrogens with one attached hydrogen (secondary N) is 1. The van der Waals surface area contributed by atoms with Crippen LogP contribution in [-0.2, 0) is 17.8 Å². The van der Waals surface area contributed by atoms with Crippen LogP contribution < -0.4 is 10.2 Å². The molecule has 21 heavy (non-hydrogen) atoms. The van der Waals surface area contributed by atoms with E-state index in [4.69, 9.17) is 0 Å². The van der Waals surface area contributed by atoms with Crippen LogP contribution in [0.15, 0.2) is 48.5 Å². The van der Waals surface area contributed by atoms with E-state index < -0.39 is 0 Å². The minimum atomic E-state index is -0.320. The van der Waals surface area contributed by atoms with Gasteiger partial charge in [0.1, 0.15) is 5.82 Å². The van der Waals surface area contributed by atoms with E-state index in [-0.39, 0.29) is 18.1 Å². The summed E-state index contributed by atoms with van der Waals surface area (Å²) in [5.41, 5.74) is 2.83. The lowest BCUT2D eigenvalue weighted by molar-refractivity contribution is -0.120. The number of hydrogen-bond donors (Lipinski definition) is 1. The quantitative estimate of drug-likeness (QED) is 0.916. The van der Waals surface area contributed by atoms with Crippen molar-refractivity contribution in [1.29, 1.82) is 0 Å². The molecule has 3 nitrogen and oxygen atoms in total. The van der Waals surface area contributed by atoms with Gasteiger partial charge in [0.15, 0.2) is 0 Å². The Morgan fingerprint density at radius 3 is 2.43 bits per heavy atom. The van der Waals surface area contributed by atoms with Gasteiger partial charge in [0.25, 0.3) is 0 Å². The summed E-state index contributed by atoms with van der Waals surface area (Å²) in [4.78, 5) is 13.9. The van der Waals surface area contributed by atoms with E-state index in [1.807, 2.05) is 43.3 Å². The summed E-state index contributed by atoms with van der Waals surface area (Å²) in [6, 6.07) is 14.1. The topological polar surface area (TPSA) is 32.3 Å². The third kappa shape index (κ3) is 4.60. The Bertz CT molecular complexity index is 608. The summed E-state index contributed by atoms with van der Waals surface area (Å²) in [6.45, 7) is 0.474. The van der Waals surface area contributed by atoms with E-state index in [0.717, 1.165) is 11.3 Å². The summed E-state index contributed by atoms with van der Waals surface area (Å²) in [7, 11) is 3.96. The Morgan fingerprint density at radius 2 is 1.81 bits per heavy atom. The molecule has 0 radical (unpaired) electrons. The maximum absolute atomic E-state index is 13.0. The molecule has 0 unspecified atom stereocenters. The van der Waals surface area contributed by atoms with E-state index >= 15 is 0 Å². The van der Waals surface area contributed by atoms with Gasteiger partial charge < -0.3 is 10.2 Å². The van der Waals surface area contributed by atoms with Gasteiger partial charge >= 0.3 is 0 Å². The van der Waals surface area contributed by atoms with Gasteiger partial charge in [0.2, 0.25) is 5.91 Å². The zero-order chi connectivity index (χ0) is 15.2. The number of carbonyl (C=O) groups is 1. The summed E-state index contributed by atoms with van der Waals surface area (Å²) >= 11 is 0. The van der Waals surface area contributed by atoms with Crippen LogP contribution in [0.1, 0.15) is 11.1 Å². The molecule has 1 N–H and O–H groups in total. The monoisotopic (exact) mass is 286 g/mol. The van der Waals surface area contributed by atoms with E-state index in [0.29, 0.717) is 12.1 Å². The fourth-order valence-corrected chi connectivity index (χ4v) is 2.01. The van der Waals surface area contributed by atoms with Crippen molar-refractivity contribution < 1.29 is 9.18 Å². The van der Waals surface area contributed by atoms with Crippen LogP contribution in [0.2, 0.25) is 0 Å². The molecule has 110 valence electrons. The lowest BCUT2D eigenvalue weighted by Crippen LogP contribution is -2.24. The summed E-state index contributed by atoms with van der Waals surface area (Å²) in [5, 5.41) is 2.84. The zero-order valence-electron chi connectivity index (χ0n) is 12.3. The largest absolute Gasteiger partial charge is 0.378 e. The number of anilines is 1. The molecule has 0 bridgehead atoms. The predicted octanol–water partition coefficient (Wildman–Crippen LogP) is 2.75. The fraction of sp³-hybridized carbons (Fsp3) is 0.235. The van der Waals surface area contributed by atoms with Crippen LogP contribution in [0, 0.1) is 5.82 Å². The minimum absolute atomic E-state index is 0.114. The van der Waals surface area contributed by atoms with Crippen molar-refractivity contribution in [3.63, 3.8) is 0 Å². The van der Waals surface area contributed by atoms with Gasteiger partial charge in [-0.3, -0.25) is 4.79 Å². The van der Waals surface area contributed by atoms with Crippen molar-refractivity contribution in [3.8, 4) is 0 Å². The molecule has 0 aliphatic rings. The Morgan fingerprint density at radius 1 is 1.10 bits per heavy atom. The third-order valence-electron chi connectivity index (χ3n) is 3.20. The van der Waals surface area contributed by atoms with Crippen LogP contribution in [0.5, 0.6) is 0 Å². The van der Waals surface area contributed by atoms with Crippen molar-refractivity contribution in [2.75, 3.05) is 19.0 Å². The zero-order valence-corrected chi connectivity index (χ0v) is 12.3. The van der Waals surface area contributed by atoms with E-state index in [1.54, 1.807) is 12.1 Å². The summed E-state index contributed by atoms with van der Waals surface area (Å²) < 4.78 is 13.0. The summed E-state index contributed by atoms with van der Waals surface area (Å²) in [5.74, 6) is -0.433. The van der Waals surface area contributed by atoms with Gasteiger partial charge in [-0.25, -0.2) is 4.39 Å². The number of benzene rings is 2. The highest BCUT2D eigenvalue weighted by molar-refractivity contribution is 5.78. The normalized spacial score (nSPS) is 10.2. The molecule has 0 atom stereocenters. The first-order chi connectivity index (χ1) is 10.0. The smallest absolute Gasteiger partial charge is 0.224 e. The van der Waals surface area contributed by atoms with Crippen LogP contribution in [0.4, 0.5) is 10.1 Å². The van der Waals surface area contributed by atoms with Crippen LogP contribution in [0.3, 0.4) is 0 Å². The van der Waals surface area contributed by atoms with Crippen molar-refractivity contribution in [2.24, 2.45) is 0 Å². The van der Waals surface area contributed by atoms with E-state index in [9.17, 15) is 9.18 Å². The first-order valence-electron chi connectivity index (χ1n) is 6.82. The van der Waals surface area contributed by atoms with Crippen LogP contribution >= 0.6 is 0 Å². The molecule has 2 aromatic carbocycles. The molecule has 0 spiro atoms. The molecule has 1 amide bonds. The number of amides is 1. The Labute approximate surface area is 124 Å². The molecule has 2 rings (SSSR count). The molecule has 4 heteroatoms. The van der Waals surface area contributed by atoms with Crippen LogP contribution in [-0.4, -0.2) is 20.0 Å². The van der Waals surface area contributed by atoms with Crippen LogP contribution in [0.25, 0.3) is 0 Å². The molecule has 2 aromatic rings. The maximum atomic E-state index is 13.0. The summed E-state index contributed by atoms with van der Waals surface area (Å²) in [6.07, 6.45) is 0.188. The second kappa shape index (κ2) is 6.88. The van der Waals surface area contributed by atoms with Gasteiger partial charge in [-0.15, -0.1) is 0 Å². The number of hydrogen-bond acceptors (Lipinski definition) is 2. The molecular formula is C17H19FN2O. The Kier molecular flexibility index (Phi) is 4.93. The lowest BCUT2D eigenvalue weighted by Gasteiger charge is -2.13. The second-order valence-electron chi connectivity index (χ2n) is 5.14. The van der Waals surface area contributed by atoms with Gasteiger partial charge in [-0.05, 0) is 35.4 Å². The molecule has 0 saturated carbocycles. The van der Waals surface area contributed by atoms with Crippen molar-refractivity contribution >= 4 is 11.6 Å². The number of halogens is 1. The van der Waals surface area contributed by atoms with E-state index in [2.05, 4.69) is 5.32 Å². The van der Waals surface area contributed by atoms with Crippen molar-refractivity contribution in [3.05, 3.63) is 65.5 Å². The molecule has 0 heterocycles. The van der Waals surface area contributed by atoms with Crippen molar-refractivity contribution in [2.45, 2.75) is 13.0 Å². The number of nitrogens with zero attached hydrogens (tertiary/aromatic N) is 1. The predicted molar refractivity (Wildman–Crippen MR) is 82.7 cm³/mol. The highest BCUT2D eigenvalue weighted by Crippen LogP contribution is 2.12. The number of carbonyl (C=O) groups excluding carboxylic acids is 1. The second-order valence-corrected chi connectivity index (χ2v) is 5.14. The molecular weight excluding hydrogens is 267 g/mol. The van der Waals surface area contributed by atoms with E-state index in [1.165, 1.54) is 12.1 Å². The average molecular weight is 286 g/mol.